The Hall–Kier alpha value is -0.570. The van der Waals surface area contributed by atoms with Crippen LogP contribution < -0.4 is 0 Å². The molecule has 0 atom stereocenters. The van der Waals surface area contributed by atoms with Crippen LogP contribution in [-0.2, 0) is 9.53 Å². The average molecular weight is 259 g/mol. The third kappa shape index (κ3) is 2.98. The van der Waals surface area contributed by atoms with E-state index >= 15 is 0 Å². The lowest BCUT2D eigenvalue weighted by molar-refractivity contribution is -0.142. The molecule has 0 saturated carbocycles. The smallest absolute Gasteiger partial charge is 0.334 e. The number of carbonyl (C=O) groups is 1. The van der Waals surface area contributed by atoms with Crippen LogP contribution in [0, 0.1) is 0 Å². The van der Waals surface area contributed by atoms with Gasteiger partial charge in [0.2, 0.25) is 0 Å². The summed E-state index contributed by atoms with van der Waals surface area (Å²) in [7, 11) is 0. The highest BCUT2D eigenvalue weighted by molar-refractivity contribution is 9.11. The predicted molar refractivity (Wildman–Crippen MR) is 60.2 cm³/mol. The second-order valence-corrected chi connectivity index (χ2v) is 4.73. The van der Waals surface area contributed by atoms with Gasteiger partial charge < -0.3 is 4.74 Å². The molecule has 0 aromatic carbocycles. The minimum Gasteiger partial charge on any atom is -0.460 e. The molecule has 3 heteroatoms. The Kier molecular flexibility index (Phi) is 3.93. The third-order valence-corrected chi connectivity index (χ3v) is 2.68. The van der Waals surface area contributed by atoms with Crippen LogP contribution in [0.5, 0.6) is 0 Å². The molecule has 0 heterocycles. The summed E-state index contributed by atoms with van der Waals surface area (Å²) in [5.41, 5.74) is 1.82. The number of carbonyl (C=O) groups excluding carboxylic acids is 1. The number of esters is 1. The van der Waals surface area contributed by atoms with Crippen LogP contribution in [0.15, 0.2) is 21.7 Å². The fourth-order valence-electron chi connectivity index (χ4n) is 1.38. The quantitative estimate of drug-likeness (QED) is 0.711. The van der Waals surface area contributed by atoms with Crippen molar-refractivity contribution in [2.24, 2.45) is 0 Å². The van der Waals surface area contributed by atoms with E-state index in [2.05, 4.69) is 15.9 Å². The van der Waals surface area contributed by atoms with Gasteiger partial charge in [-0.3, -0.25) is 0 Å². The molecule has 0 unspecified atom stereocenters. The van der Waals surface area contributed by atoms with Gasteiger partial charge >= 0.3 is 5.97 Å². The molecule has 0 spiro atoms. The number of halogens is 1. The Labute approximate surface area is 93.1 Å². The molecule has 0 N–H and O–H groups in total. The van der Waals surface area contributed by atoms with Crippen molar-refractivity contribution in [3.05, 3.63) is 21.7 Å². The van der Waals surface area contributed by atoms with Crippen molar-refractivity contribution in [1.29, 1.82) is 0 Å². The zero-order valence-corrected chi connectivity index (χ0v) is 10.3. The van der Waals surface area contributed by atoms with Gasteiger partial charge in [0.1, 0.15) is 0 Å². The lowest BCUT2D eigenvalue weighted by Gasteiger charge is -2.16. The van der Waals surface area contributed by atoms with Crippen molar-refractivity contribution >= 4 is 21.9 Å². The molecule has 0 bridgehead atoms. The van der Waals surface area contributed by atoms with E-state index in [9.17, 15) is 4.79 Å². The molecular weight excluding hydrogens is 244 g/mol. The van der Waals surface area contributed by atoms with E-state index in [-0.39, 0.29) is 12.1 Å². The normalized spacial score (nSPS) is 17.1. The van der Waals surface area contributed by atoms with Crippen LogP contribution in [0.25, 0.3) is 0 Å². The van der Waals surface area contributed by atoms with Gasteiger partial charge in [-0.05, 0) is 49.7 Å². The van der Waals surface area contributed by atoms with Gasteiger partial charge in [-0.15, -0.1) is 0 Å². The van der Waals surface area contributed by atoms with Crippen molar-refractivity contribution in [3.8, 4) is 0 Å². The number of hydrogen-bond acceptors (Lipinski definition) is 2. The molecule has 1 rings (SSSR count). The molecule has 0 fully saturated rings. The summed E-state index contributed by atoms with van der Waals surface area (Å²) in [5.74, 6) is -0.172. The van der Waals surface area contributed by atoms with Crippen molar-refractivity contribution < 1.29 is 9.53 Å². The lowest BCUT2D eigenvalue weighted by atomic mass is 9.99. The molecule has 2 nitrogen and oxygen atoms in total. The Bertz CT molecular complexity index is 300. The minimum absolute atomic E-state index is 0.0443. The second kappa shape index (κ2) is 4.78. The fraction of sp³-hybridized carbons (Fsp3) is 0.545. The highest BCUT2D eigenvalue weighted by Gasteiger charge is 2.18. The van der Waals surface area contributed by atoms with E-state index in [0.717, 1.165) is 28.5 Å². The van der Waals surface area contributed by atoms with Crippen LogP contribution in [-0.4, -0.2) is 12.1 Å². The fourth-order valence-corrected chi connectivity index (χ4v) is 1.93. The molecule has 14 heavy (non-hydrogen) atoms. The number of rotatable bonds is 2. The molecule has 1 aliphatic carbocycles. The average Bonchev–Trinajstić information content (AvgIpc) is 2.01. The van der Waals surface area contributed by atoms with Gasteiger partial charge in [0.25, 0.3) is 0 Å². The Morgan fingerprint density at radius 1 is 1.50 bits per heavy atom. The van der Waals surface area contributed by atoms with Gasteiger partial charge in [-0.25, -0.2) is 4.79 Å². The summed E-state index contributed by atoms with van der Waals surface area (Å²) in [5, 5.41) is 0. The molecule has 0 radical (unpaired) electrons. The zero-order chi connectivity index (χ0) is 10.7. The Balaban J connectivity index is 2.77. The number of allylic oxidation sites excluding steroid dienone is 3. The lowest BCUT2D eigenvalue weighted by Crippen LogP contribution is -2.15. The Morgan fingerprint density at radius 3 is 2.64 bits per heavy atom. The van der Waals surface area contributed by atoms with Crippen LogP contribution in [0.4, 0.5) is 0 Å². The Morgan fingerprint density at radius 2 is 2.14 bits per heavy atom. The molecule has 0 amide bonds. The zero-order valence-electron chi connectivity index (χ0n) is 8.76. The number of hydrogen-bond donors (Lipinski definition) is 0. The third-order valence-electron chi connectivity index (χ3n) is 2.05. The van der Waals surface area contributed by atoms with Crippen LogP contribution in [0.1, 0.15) is 33.6 Å². The monoisotopic (exact) mass is 258 g/mol. The molecule has 0 aromatic rings. The van der Waals surface area contributed by atoms with Gasteiger partial charge in [0.15, 0.2) is 0 Å². The molecule has 1 aliphatic rings. The van der Waals surface area contributed by atoms with E-state index in [4.69, 9.17) is 4.74 Å². The topological polar surface area (TPSA) is 26.3 Å². The minimum atomic E-state index is -0.172. The summed E-state index contributed by atoms with van der Waals surface area (Å²) in [4.78, 5) is 11.6. The molecule has 0 aliphatic heterocycles. The maximum atomic E-state index is 11.6. The van der Waals surface area contributed by atoms with Crippen molar-refractivity contribution in [2.75, 3.05) is 0 Å². The summed E-state index contributed by atoms with van der Waals surface area (Å²) in [6.07, 6.45) is 3.60. The predicted octanol–water partition coefficient (Wildman–Crippen LogP) is 3.33. The van der Waals surface area contributed by atoms with Crippen molar-refractivity contribution in [2.45, 2.75) is 39.7 Å². The van der Waals surface area contributed by atoms with Crippen LogP contribution >= 0.6 is 15.9 Å². The van der Waals surface area contributed by atoms with Crippen LogP contribution in [0.3, 0.4) is 0 Å². The van der Waals surface area contributed by atoms with Gasteiger partial charge in [0.05, 0.1) is 6.10 Å². The van der Waals surface area contributed by atoms with Crippen molar-refractivity contribution in [3.63, 3.8) is 0 Å². The van der Waals surface area contributed by atoms with E-state index < -0.39 is 0 Å². The molecule has 0 aromatic heterocycles. The first-order chi connectivity index (χ1) is 6.50. The standard InChI is InChI=1S/C11H15BrO2/c1-7(2)14-11(13)10-5-4-9(12)6-8(10)3/h6-7H,4-5H2,1-3H3. The second-order valence-electron chi connectivity index (χ2n) is 3.71. The van der Waals surface area contributed by atoms with E-state index in [1.807, 2.05) is 26.8 Å². The van der Waals surface area contributed by atoms with Gasteiger partial charge in [-0.2, -0.15) is 0 Å². The summed E-state index contributed by atoms with van der Waals surface area (Å²) < 4.78 is 6.30. The maximum absolute atomic E-state index is 11.6. The maximum Gasteiger partial charge on any atom is 0.334 e. The molecule has 0 saturated heterocycles. The largest absolute Gasteiger partial charge is 0.460 e. The first-order valence-electron chi connectivity index (χ1n) is 4.77. The van der Waals surface area contributed by atoms with Gasteiger partial charge in [0, 0.05) is 5.57 Å². The molecular formula is C11H15BrO2. The summed E-state index contributed by atoms with van der Waals surface area (Å²) >= 11 is 3.43. The van der Waals surface area contributed by atoms with Crippen LogP contribution in [0.2, 0.25) is 0 Å². The highest BCUT2D eigenvalue weighted by atomic mass is 79.9. The van der Waals surface area contributed by atoms with Crippen molar-refractivity contribution in [1.82, 2.24) is 0 Å². The first-order valence-corrected chi connectivity index (χ1v) is 5.57. The van der Waals surface area contributed by atoms with E-state index in [1.165, 1.54) is 0 Å². The molecule has 78 valence electrons. The summed E-state index contributed by atoms with van der Waals surface area (Å²) in [6.45, 7) is 5.67. The van der Waals surface area contributed by atoms with E-state index in [1.54, 1.807) is 0 Å². The highest BCUT2D eigenvalue weighted by Crippen LogP contribution is 2.27. The first kappa shape index (κ1) is 11.5. The van der Waals surface area contributed by atoms with E-state index in [0.29, 0.717) is 0 Å². The SMILES string of the molecule is CC1=C(C(=O)OC(C)C)CCC(Br)=C1. The summed E-state index contributed by atoms with van der Waals surface area (Å²) in [6, 6.07) is 0. The number of ether oxygens (including phenoxy) is 1. The van der Waals surface area contributed by atoms with Gasteiger partial charge in [-0.1, -0.05) is 15.9 Å².